The van der Waals surface area contributed by atoms with Crippen LogP contribution in [0.25, 0.3) is 10.9 Å². The third-order valence-electron chi connectivity index (χ3n) is 2.84. The minimum atomic E-state index is -0.349. The minimum absolute atomic E-state index is 0.267. The summed E-state index contributed by atoms with van der Waals surface area (Å²) in [7, 11) is 1.35. The number of carbonyl (C=O) groups is 1. The molecule has 4 heteroatoms. The first kappa shape index (κ1) is 12.4. The average molecular weight is 247 g/mol. The topological polar surface area (TPSA) is 31.2 Å². The number of carbonyl (C=O) groups excluding carboxylic acids is 1. The second kappa shape index (κ2) is 5.04. The van der Waals surface area contributed by atoms with E-state index in [4.69, 9.17) is 0 Å². The maximum absolute atomic E-state index is 13.2. The Balaban J connectivity index is 2.27. The second-order valence-electron chi connectivity index (χ2n) is 4.05. The van der Waals surface area contributed by atoms with Gasteiger partial charge in [0.25, 0.3) is 0 Å². The van der Waals surface area contributed by atoms with Crippen LogP contribution in [0.15, 0.2) is 42.1 Å². The number of aromatic nitrogens is 1. The molecule has 0 bridgehead atoms. The van der Waals surface area contributed by atoms with Crippen molar-refractivity contribution in [1.29, 1.82) is 0 Å². The van der Waals surface area contributed by atoms with Crippen molar-refractivity contribution < 1.29 is 13.9 Å². The fourth-order valence-electron chi connectivity index (χ4n) is 1.80. The monoisotopic (exact) mass is 247 g/mol. The van der Waals surface area contributed by atoms with Crippen molar-refractivity contribution in [2.75, 3.05) is 7.11 Å². The summed E-state index contributed by atoms with van der Waals surface area (Å²) >= 11 is 0. The maximum atomic E-state index is 13.2. The Hall–Kier alpha value is -2.10. The number of ether oxygens (including phenoxy) is 1. The maximum Gasteiger partial charge on any atom is 0.333 e. The molecule has 0 amide bonds. The third kappa shape index (κ3) is 2.42. The molecule has 1 heterocycles. The number of nitrogens with zero attached hydrogens (tertiary/aromatic N) is 1. The normalized spacial score (nSPS) is 11.8. The first-order valence-electron chi connectivity index (χ1n) is 5.61. The molecule has 0 N–H and O–H groups in total. The van der Waals surface area contributed by atoms with Crippen LogP contribution in [0.1, 0.15) is 6.92 Å². The molecule has 2 rings (SSSR count). The van der Waals surface area contributed by atoms with Gasteiger partial charge in [0.1, 0.15) is 5.82 Å². The zero-order valence-electron chi connectivity index (χ0n) is 10.3. The van der Waals surface area contributed by atoms with Gasteiger partial charge in [-0.05, 0) is 36.6 Å². The number of esters is 1. The van der Waals surface area contributed by atoms with Crippen molar-refractivity contribution >= 4 is 16.9 Å². The highest BCUT2D eigenvalue weighted by molar-refractivity contribution is 5.87. The molecule has 0 aliphatic rings. The first-order valence-corrected chi connectivity index (χ1v) is 5.61. The zero-order chi connectivity index (χ0) is 13.1. The van der Waals surface area contributed by atoms with Crippen molar-refractivity contribution in [3.05, 3.63) is 47.9 Å². The Kier molecular flexibility index (Phi) is 3.46. The molecule has 0 aliphatic carbocycles. The van der Waals surface area contributed by atoms with Gasteiger partial charge >= 0.3 is 5.97 Å². The molecule has 0 atom stereocenters. The summed E-state index contributed by atoms with van der Waals surface area (Å²) in [5.74, 6) is -0.617. The van der Waals surface area contributed by atoms with Crippen molar-refractivity contribution in [3.63, 3.8) is 0 Å². The highest BCUT2D eigenvalue weighted by atomic mass is 19.1. The molecule has 1 aromatic heterocycles. The van der Waals surface area contributed by atoms with E-state index < -0.39 is 0 Å². The number of benzene rings is 1. The lowest BCUT2D eigenvalue weighted by Crippen LogP contribution is -2.03. The summed E-state index contributed by atoms with van der Waals surface area (Å²) in [4.78, 5) is 11.2. The van der Waals surface area contributed by atoms with Gasteiger partial charge in [-0.1, -0.05) is 6.08 Å². The number of hydrogen-bond acceptors (Lipinski definition) is 2. The fourth-order valence-corrected chi connectivity index (χ4v) is 1.80. The van der Waals surface area contributed by atoms with Crippen molar-refractivity contribution in [2.24, 2.45) is 0 Å². The molecule has 0 saturated heterocycles. The van der Waals surface area contributed by atoms with Crippen LogP contribution in [-0.4, -0.2) is 17.6 Å². The van der Waals surface area contributed by atoms with E-state index in [-0.39, 0.29) is 11.8 Å². The van der Waals surface area contributed by atoms with Gasteiger partial charge in [0.15, 0.2) is 0 Å². The summed E-state index contributed by atoms with van der Waals surface area (Å²) in [5, 5.41) is 0.973. The molecule has 0 aliphatic heterocycles. The Morgan fingerprint density at radius 3 is 2.94 bits per heavy atom. The van der Waals surface area contributed by atoms with Crippen LogP contribution < -0.4 is 0 Å². The number of methoxy groups -OCH3 is 1. The standard InChI is InChI=1S/C14H14FNO2/c1-10(14(17)18-2)5-7-16-8-6-11-3-4-12(15)9-13(11)16/h3-6,8-9H,7H2,1-2H3. The van der Waals surface area contributed by atoms with Gasteiger partial charge in [0, 0.05) is 18.3 Å². The molecule has 18 heavy (non-hydrogen) atoms. The highest BCUT2D eigenvalue weighted by Gasteiger charge is 2.04. The number of rotatable bonds is 3. The minimum Gasteiger partial charge on any atom is -0.466 e. The Morgan fingerprint density at radius 1 is 1.44 bits per heavy atom. The largest absolute Gasteiger partial charge is 0.466 e. The quantitative estimate of drug-likeness (QED) is 0.617. The van der Waals surface area contributed by atoms with Crippen LogP contribution in [0, 0.1) is 5.82 Å². The molecule has 94 valence electrons. The van der Waals surface area contributed by atoms with Gasteiger partial charge < -0.3 is 9.30 Å². The Labute approximate surface area is 104 Å². The molecule has 1 aromatic carbocycles. The van der Waals surface area contributed by atoms with Crippen molar-refractivity contribution in [2.45, 2.75) is 13.5 Å². The van der Waals surface area contributed by atoms with Crippen LogP contribution in [0.4, 0.5) is 4.39 Å². The van der Waals surface area contributed by atoms with Gasteiger partial charge in [-0.15, -0.1) is 0 Å². The number of halogens is 1. The average Bonchev–Trinajstić information content (AvgIpc) is 2.77. The molecular formula is C14H14FNO2. The SMILES string of the molecule is COC(=O)C(C)=CCn1ccc2ccc(F)cc21. The van der Waals surface area contributed by atoms with Gasteiger partial charge in [-0.25, -0.2) is 9.18 Å². The molecule has 0 radical (unpaired) electrons. The lowest BCUT2D eigenvalue weighted by Gasteiger charge is -2.03. The summed E-state index contributed by atoms with van der Waals surface area (Å²) in [6, 6.07) is 6.56. The fraction of sp³-hybridized carbons (Fsp3) is 0.214. The Morgan fingerprint density at radius 2 is 2.22 bits per heavy atom. The smallest absolute Gasteiger partial charge is 0.333 e. The number of fused-ring (bicyclic) bond motifs is 1. The van der Waals surface area contributed by atoms with Crippen LogP contribution in [0.3, 0.4) is 0 Å². The third-order valence-corrected chi connectivity index (χ3v) is 2.84. The molecule has 0 fully saturated rings. The molecule has 3 nitrogen and oxygen atoms in total. The second-order valence-corrected chi connectivity index (χ2v) is 4.05. The van der Waals surface area contributed by atoms with Crippen molar-refractivity contribution in [1.82, 2.24) is 4.57 Å². The van der Waals surface area contributed by atoms with Crippen LogP contribution in [-0.2, 0) is 16.1 Å². The van der Waals surface area contributed by atoms with Gasteiger partial charge in [0.05, 0.1) is 12.6 Å². The molecule has 0 unspecified atom stereocenters. The predicted octanol–water partition coefficient (Wildman–Crippen LogP) is 2.90. The summed E-state index contributed by atoms with van der Waals surface area (Å²) in [6.45, 7) is 2.20. The lowest BCUT2D eigenvalue weighted by atomic mass is 10.2. The van der Waals surface area contributed by atoms with Gasteiger partial charge in [0.2, 0.25) is 0 Å². The molecule has 0 spiro atoms. The van der Waals surface area contributed by atoms with E-state index in [2.05, 4.69) is 4.74 Å². The van der Waals surface area contributed by atoms with E-state index in [9.17, 15) is 9.18 Å². The summed E-state index contributed by atoms with van der Waals surface area (Å²) < 4.78 is 19.7. The van der Waals surface area contributed by atoms with E-state index >= 15 is 0 Å². The van der Waals surface area contributed by atoms with Crippen LogP contribution in [0.5, 0.6) is 0 Å². The summed E-state index contributed by atoms with van der Waals surface area (Å²) in [5.41, 5.74) is 1.35. The van der Waals surface area contributed by atoms with Gasteiger partial charge in [-0.2, -0.15) is 0 Å². The highest BCUT2D eigenvalue weighted by Crippen LogP contribution is 2.17. The van der Waals surface area contributed by atoms with Gasteiger partial charge in [-0.3, -0.25) is 0 Å². The first-order chi connectivity index (χ1) is 8.61. The number of allylic oxidation sites excluding steroid dienone is 1. The van der Waals surface area contributed by atoms with E-state index in [0.717, 1.165) is 10.9 Å². The van der Waals surface area contributed by atoms with E-state index in [1.54, 1.807) is 19.1 Å². The Bertz CT molecular complexity index is 613. The zero-order valence-corrected chi connectivity index (χ0v) is 10.3. The molecular weight excluding hydrogens is 233 g/mol. The van der Waals surface area contributed by atoms with E-state index in [1.807, 2.05) is 16.8 Å². The predicted molar refractivity (Wildman–Crippen MR) is 67.7 cm³/mol. The van der Waals surface area contributed by atoms with E-state index in [1.165, 1.54) is 19.2 Å². The van der Waals surface area contributed by atoms with Crippen LogP contribution >= 0.6 is 0 Å². The lowest BCUT2D eigenvalue weighted by molar-refractivity contribution is -0.136. The van der Waals surface area contributed by atoms with E-state index in [0.29, 0.717) is 12.1 Å². The molecule has 2 aromatic rings. The van der Waals surface area contributed by atoms with Crippen LogP contribution in [0.2, 0.25) is 0 Å². The molecule has 0 saturated carbocycles. The number of hydrogen-bond donors (Lipinski definition) is 0. The summed E-state index contributed by atoms with van der Waals surface area (Å²) in [6.07, 6.45) is 3.63. The van der Waals surface area contributed by atoms with Crippen molar-refractivity contribution in [3.8, 4) is 0 Å².